The van der Waals surface area contributed by atoms with E-state index >= 15 is 0 Å². The molecule has 3 N–H and O–H groups in total. The molecule has 6 heteroatoms. The van der Waals surface area contributed by atoms with Gasteiger partial charge < -0.3 is 11.1 Å². The Morgan fingerprint density at radius 1 is 1.47 bits per heavy atom. The van der Waals surface area contributed by atoms with Gasteiger partial charge in [0.15, 0.2) is 0 Å². The Hall–Kier alpha value is -1.56. The van der Waals surface area contributed by atoms with Gasteiger partial charge in [0.2, 0.25) is 11.9 Å². The predicted octanol–water partition coefficient (Wildman–Crippen LogP) is 2.43. The van der Waals surface area contributed by atoms with Gasteiger partial charge in [-0.25, -0.2) is 0 Å². The van der Waals surface area contributed by atoms with Gasteiger partial charge in [-0.15, -0.1) is 5.10 Å². The van der Waals surface area contributed by atoms with Crippen LogP contribution >= 0.6 is 15.9 Å². The van der Waals surface area contributed by atoms with Gasteiger partial charge in [-0.05, 0) is 24.6 Å². The van der Waals surface area contributed by atoms with Crippen LogP contribution in [0.5, 0.6) is 0 Å². The fourth-order valence-corrected chi connectivity index (χ4v) is 1.82. The van der Waals surface area contributed by atoms with Crippen LogP contribution in [0.2, 0.25) is 0 Å². The summed E-state index contributed by atoms with van der Waals surface area (Å²) in [5.74, 6) is 0.936. The normalized spacial score (nSPS) is 10.5. The van der Waals surface area contributed by atoms with Crippen molar-refractivity contribution < 1.29 is 0 Å². The fourth-order valence-electron chi connectivity index (χ4n) is 1.43. The molecule has 2 rings (SSSR count). The van der Waals surface area contributed by atoms with Crippen LogP contribution in [0.4, 0.5) is 11.9 Å². The molecule has 0 amide bonds. The van der Waals surface area contributed by atoms with Crippen molar-refractivity contribution in [2.45, 2.75) is 13.3 Å². The molecule has 0 aliphatic carbocycles. The van der Waals surface area contributed by atoms with Gasteiger partial charge in [0.05, 0.1) is 5.69 Å². The average Bonchev–Trinajstić information content (AvgIpc) is 2.68. The summed E-state index contributed by atoms with van der Waals surface area (Å²) in [6.45, 7) is 2.92. The fraction of sp³-hybridized carbons (Fsp3) is 0.273. The van der Waals surface area contributed by atoms with Gasteiger partial charge in [0.1, 0.15) is 0 Å². The molecule has 0 radical (unpaired) electrons. The number of rotatable bonds is 4. The summed E-state index contributed by atoms with van der Waals surface area (Å²) in [5.41, 5.74) is 6.71. The number of benzene rings is 1. The van der Waals surface area contributed by atoms with E-state index in [4.69, 9.17) is 5.73 Å². The highest BCUT2D eigenvalue weighted by atomic mass is 79.9. The van der Waals surface area contributed by atoms with Crippen molar-refractivity contribution in [2.75, 3.05) is 17.6 Å². The quantitative estimate of drug-likeness (QED) is 0.909. The number of aromatic nitrogens is 3. The maximum Gasteiger partial charge on any atom is 0.244 e. The van der Waals surface area contributed by atoms with Gasteiger partial charge in [0, 0.05) is 11.0 Å². The summed E-state index contributed by atoms with van der Waals surface area (Å²) >= 11 is 3.41. The van der Waals surface area contributed by atoms with E-state index in [1.165, 1.54) is 0 Å². The van der Waals surface area contributed by atoms with Crippen LogP contribution in [-0.4, -0.2) is 21.3 Å². The van der Waals surface area contributed by atoms with Gasteiger partial charge in [-0.1, -0.05) is 28.9 Å². The van der Waals surface area contributed by atoms with Crippen molar-refractivity contribution in [3.05, 3.63) is 28.7 Å². The Morgan fingerprint density at radius 2 is 2.29 bits per heavy atom. The van der Waals surface area contributed by atoms with Crippen molar-refractivity contribution in [1.82, 2.24) is 14.8 Å². The lowest BCUT2D eigenvalue weighted by atomic mass is 10.3. The van der Waals surface area contributed by atoms with E-state index in [0.717, 1.165) is 23.1 Å². The van der Waals surface area contributed by atoms with Crippen molar-refractivity contribution in [2.24, 2.45) is 0 Å². The Morgan fingerprint density at radius 3 is 3.00 bits per heavy atom. The molecule has 2 aromatic rings. The van der Waals surface area contributed by atoms with Gasteiger partial charge in [-0.2, -0.15) is 9.67 Å². The van der Waals surface area contributed by atoms with E-state index in [0.29, 0.717) is 11.9 Å². The van der Waals surface area contributed by atoms with Crippen LogP contribution in [-0.2, 0) is 0 Å². The highest BCUT2D eigenvalue weighted by Crippen LogP contribution is 2.18. The Labute approximate surface area is 108 Å². The largest absolute Gasteiger partial charge is 0.368 e. The first-order valence-electron chi connectivity index (χ1n) is 5.43. The summed E-state index contributed by atoms with van der Waals surface area (Å²) in [7, 11) is 0. The lowest BCUT2D eigenvalue weighted by molar-refractivity contribution is 0.880. The molecule has 1 aromatic carbocycles. The van der Waals surface area contributed by atoms with Crippen LogP contribution in [0.3, 0.4) is 0 Å². The van der Waals surface area contributed by atoms with Crippen LogP contribution in [0.1, 0.15) is 13.3 Å². The molecule has 0 spiro atoms. The molecule has 0 unspecified atom stereocenters. The number of anilines is 2. The molecule has 0 bridgehead atoms. The first-order chi connectivity index (χ1) is 8.20. The lowest BCUT2D eigenvalue weighted by Gasteiger charge is -2.02. The van der Waals surface area contributed by atoms with Crippen LogP contribution < -0.4 is 11.1 Å². The standard InChI is InChI=1S/C11H14BrN5/c1-2-6-14-11-15-10(13)17(16-11)9-5-3-4-8(12)7-9/h3-5,7H,2,6H2,1H3,(H3,13,14,15,16). The Kier molecular flexibility index (Phi) is 3.63. The first kappa shape index (κ1) is 11.9. The number of hydrogen-bond donors (Lipinski definition) is 2. The molecule has 17 heavy (non-hydrogen) atoms. The summed E-state index contributed by atoms with van der Waals surface area (Å²) in [5, 5.41) is 7.41. The SMILES string of the molecule is CCCNc1nc(N)n(-c2cccc(Br)c2)n1. The first-order valence-corrected chi connectivity index (χ1v) is 6.22. The number of nitrogen functional groups attached to an aromatic ring is 1. The minimum absolute atomic E-state index is 0.377. The molecular weight excluding hydrogens is 282 g/mol. The third-order valence-corrected chi connectivity index (χ3v) is 2.71. The maximum absolute atomic E-state index is 5.83. The van der Waals surface area contributed by atoms with Gasteiger partial charge in [-0.3, -0.25) is 0 Å². The summed E-state index contributed by atoms with van der Waals surface area (Å²) in [6, 6.07) is 7.75. The third kappa shape index (κ3) is 2.76. The summed E-state index contributed by atoms with van der Waals surface area (Å²) in [4.78, 5) is 4.16. The second-order valence-corrected chi connectivity index (χ2v) is 4.53. The van der Waals surface area contributed by atoms with Gasteiger partial charge >= 0.3 is 0 Å². The second kappa shape index (κ2) is 5.18. The van der Waals surface area contributed by atoms with E-state index in [1.54, 1.807) is 4.68 Å². The number of nitrogens with zero attached hydrogens (tertiary/aromatic N) is 3. The molecule has 5 nitrogen and oxygen atoms in total. The summed E-state index contributed by atoms with van der Waals surface area (Å²) < 4.78 is 2.59. The molecule has 0 aliphatic heterocycles. The molecule has 1 heterocycles. The Balaban J connectivity index is 2.29. The highest BCUT2D eigenvalue weighted by Gasteiger charge is 2.08. The number of halogens is 1. The molecular formula is C11H14BrN5. The number of nitrogens with two attached hydrogens (primary N) is 1. The van der Waals surface area contributed by atoms with Gasteiger partial charge in [0.25, 0.3) is 0 Å². The number of hydrogen-bond acceptors (Lipinski definition) is 4. The van der Waals surface area contributed by atoms with Crippen molar-refractivity contribution >= 4 is 27.8 Å². The van der Waals surface area contributed by atoms with E-state index in [-0.39, 0.29) is 0 Å². The zero-order valence-electron chi connectivity index (χ0n) is 9.52. The third-order valence-electron chi connectivity index (χ3n) is 2.22. The van der Waals surface area contributed by atoms with E-state index in [2.05, 4.69) is 38.3 Å². The topological polar surface area (TPSA) is 68.8 Å². The smallest absolute Gasteiger partial charge is 0.244 e. The second-order valence-electron chi connectivity index (χ2n) is 3.61. The predicted molar refractivity (Wildman–Crippen MR) is 72.3 cm³/mol. The van der Waals surface area contributed by atoms with Crippen LogP contribution in [0.25, 0.3) is 5.69 Å². The molecule has 0 saturated carbocycles. The average molecular weight is 296 g/mol. The minimum Gasteiger partial charge on any atom is -0.368 e. The van der Waals surface area contributed by atoms with E-state index in [1.807, 2.05) is 24.3 Å². The molecule has 0 fully saturated rings. The highest BCUT2D eigenvalue weighted by molar-refractivity contribution is 9.10. The summed E-state index contributed by atoms with van der Waals surface area (Å²) in [6.07, 6.45) is 1.02. The maximum atomic E-state index is 5.83. The van der Waals surface area contributed by atoms with Crippen LogP contribution in [0.15, 0.2) is 28.7 Å². The van der Waals surface area contributed by atoms with E-state index < -0.39 is 0 Å². The van der Waals surface area contributed by atoms with Crippen molar-refractivity contribution in [3.8, 4) is 5.69 Å². The monoisotopic (exact) mass is 295 g/mol. The molecule has 0 atom stereocenters. The Bertz CT molecular complexity index is 508. The molecule has 90 valence electrons. The van der Waals surface area contributed by atoms with Crippen molar-refractivity contribution in [3.63, 3.8) is 0 Å². The zero-order chi connectivity index (χ0) is 12.3. The van der Waals surface area contributed by atoms with Crippen LogP contribution in [0, 0.1) is 0 Å². The van der Waals surface area contributed by atoms with E-state index in [9.17, 15) is 0 Å². The molecule has 0 aliphatic rings. The number of nitrogens with one attached hydrogen (secondary N) is 1. The zero-order valence-corrected chi connectivity index (χ0v) is 11.1. The molecule has 1 aromatic heterocycles. The molecule has 0 saturated heterocycles. The lowest BCUT2D eigenvalue weighted by Crippen LogP contribution is -2.03. The van der Waals surface area contributed by atoms with Crippen molar-refractivity contribution in [1.29, 1.82) is 0 Å². The minimum atomic E-state index is 0.377.